The average molecular weight is 347 g/mol. The van der Waals surface area contributed by atoms with E-state index in [4.69, 9.17) is 9.47 Å². The zero-order chi connectivity index (χ0) is 17.0. The molecule has 2 saturated heterocycles. The van der Waals surface area contributed by atoms with E-state index < -0.39 is 11.9 Å². The van der Waals surface area contributed by atoms with Crippen LogP contribution in [0.25, 0.3) is 0 Å². The van der Waals surface area contributed by atoms with Gasteiger partial charge in [-0.05, 0) is 44.7 Å². The van der Waals surface area contributed by atoms with Gasteiger partial charge in [0, 0.05) is 25.9 Å². The Balaban J connectivity index is 1.46. The normalized spacial score (nSPS) is 26.6. The summed E-state index contributed by atoms with van der Waals surface area (Å²) in [6, 6.07) is 1.03. The van der Waals surface area contributed by atoms with Crippen LogP contribution in [0.5, 0.6) is 0 Å². The molecule has 0 N–H and O–H groups in total. The highest BCUT2D eigenvalue weighted by Crippen LogP contribution is 2.29. The van der Waals surface area contributed by atoms with Crippen molar-refractivity contribution < 1.29 is 22.6 Å². The van der Waals surface area contributed by atoms with Gasteiger partial charge in [0.05, 0.1) is 12.6 Å². The summed E-state index contributed by atoms with van der Waals surface area (Å²) >= 11 is 0. The summed E-state index contributed by atoms with van der Waals surface area (Å²) in [5, 5.41) is 3.71. The third-order valence-corrected chi connectivity index (χ3v) is 4.60. The Morgan fingerprint density at radius 3 is 2.83 bits per heavy atom. The zero-order valence-electron chi connectivity index (χ0n) is 13.7. The standard InChI is InChI=1S/C16H24F3N3O2/c17-16(18,19)14-6-8-22(20-14)13-4-3-7-21(12-13)9-11-24-15-5-1-2-10-23-15/h6,8,13,15H,1-5,7,9-12H2/t13-,15-/m0/s1. The highest BCUT2D eigenvalue weighted by atomic mass is 19.4. The molecule has 24 heavy (non-hydrogen) atoms. The molecular weight excluding hydrogens is 323 g/mol. The molecule has 2 aliphatic heterocycles. The number of likely N-dealkylation sites (tertiary alicyclic amines) is 1. The Bertz CT molecular complexity index is 515. The van der Waals surface area contributed by atoms with Crippen molar-refractivity contribution in [3.63, 3.8) is 0 Å². The lowest BCUT2D eigenvalue weighted by atomic mass is 10.1. The van der Waals surface area contributed by atoms with Crippen LogP contribution in [0, 0.1) is 0 Å². The molecule has 0 amide bonds. The summed E-state index contributed by atoms with van der Waals surface area (Å²) in [7, 11) is 0. The number of ether oxygens (including phenoxy) is 2. The van der Waals surface area contributed by atoms with Gasteiger partial charge in [-0.3, -0.25) is 9.58 Å². The van der Waals surface area contributed by atoms with E-state index in [-0.39, 0.29) is 12.3 Å². The maximum Gasteiger partial charge on any atom is 0.435 e. The first kappa shape index (κ1) is 17.7. The number of rotatable bonds is 5. The van der Waals surface area contributed by atoms with Crippen molar-refractivity contribution >= 4 is 0 Å². The van der Waals surface area contributed by atoms with E-state index in [0.717, 1.165) is 57.9 Å². The predicted molar refractivity (Wildman–Crippen MR) is 81.5 cm³/mol. The first-order valence-electron chi connectivity index (χ1n) is 8.60. The van der Waals surface area contributed by atoms with Gasteiger partial charge in [-0.2, -0.15) is 18.3 Å². The van der Waals surface area contributed by atoms with E-state index in [1.54, 1.807) is 0 Å². The third kappa shape index (κ3) is 4.70. The number of alkyl halides is 3. The molecule has 0 aliphatic carbocycles. The summed E-state index contributed by atoms with van der Waals surface area (Å²) < 4.78 is 50.8. The van der Waals surface area contributed by atoms with Gasteiger partial charge in [-0.25, -0.2) is 0 Å². The SMILES string of the molecule is FC(F)(F)c1ccn([C@H]2CCCN(CCO[C@H]3CCCCO3)C2)n1. The third-order valence-electron chi connectivity index (χ3n) is 4.60. The van der Waals surface area contributed by atoms with Crippen LogP contribution < -0.4 is 0 Å². The monoisotopic (exact) mass is 347 g/mol. The summed E-state index contributed by atoms with van der Waals surface area (Å²) in [5.74, 6) is 0. The minimum Gasteiger partial charge on any atom is -0.353 e. The molecule has 2 aliphatic rings. The van der Waals surface area contributed by atoms with Gasteiger partial charge in [-0.1, -0.05) is 0 Å². The van der Waals surface area contributed by atoms with Crippen molar-refractivity contribution in [2.24, 2.45) is 0 Å². The maximum absolute atomic E-state index is 12.7. The van der Waals surface area contributed by atoms with E-state index >= 15 is 0 Å². The topological polar surface area (TPSA) is 39.5 Å². The minimum atomic E-state index is -4.38. The second-order valence-corrected chi connectivity index (χ2v) is 6.44. The second kappa shape index (κ2) is 7.84. The number of nitrogens with zero attached hydrogens (tertiary/aromatic N) is 3. The number of hydrogen-bond acceptors (Lipinski definition) is 4. The molecule has 0 aromatic carbocycles. The van der Waals surface area contributed by atoms with Gasteiger partial charge in [0.1, 0.15) is 0 Å². The Morgan fingerprint density at radius 2 is 2.12 bits per heavy atom. The Hall–Kier alpha value is -1.12. The van der Waals surface area contributed by atoms with Gasteiger partial charge in [0.2, 0.25) is 0 Å². The Labute approximate surface area is 139 Å². The van der Waals surface area contributed by atoms with Crippen LogP contribution in [0.2, 0.25) is 0 Å². The smallest absolute Gasteiger partial charge is 0.353 e. The van der Waals surface area contributed by atoms with E-state index in [2.05, 4.69) is 10.00 Å². The van der Waals surface area contributed by atoms with Gasteiger partial charge in [-0.15, -0.1) is 0 Å². The van der Waals surface area contributed by atoms with Gasteiger partial charge in [0.15, 0.2) is 12.0 Å². The van der Waals surface area contributed by atoms with Gasteiger partial charge < -0.3 is 9.47 Å². The van der Waals surface area contributed by atoms with Crippen molar-refractivity contribution in [3.8, 4) is 0 Å². The molecular formula is C16H24F3N3O2. The van der Waals surface area contributed by atoms with Crippen LogP contribution in [-0.4, -0.2) is 53.8 Å². The molecule has 3 heterocycles. The average Bonchev–Trinajstić information content (AvgIpc) is 3.07. The lowest BCUT2D eigenvalue weighted by Gasteiger charge is -2.33. The molecule has 0 spiro atoms. The van der Waals surface area contributed by atoms with E-state index in [0.29, 0.717) is 13.2 Å². The molecule has 8 heteroatoms. The fraction of sp³-hybridized carbons (Fsp3) is 0.812. The molecule has 0 radical (unpaired) electrons. The van der Waals surface area contributed by atoms with Crippen LogP contribution in [0.3, 0.4) is 0 Å². The maximum atomic E-state index is 12.7. The molecule has 2 atom stereocenters. The van der Waals surface area contributed by atoms with Gasteiger partial charge >= 0.3 is 6.18 Å². The quantitative estimate of drug-likeness (QED) is 0.821. The molecule has 5 nitrogen and oxygen atoms in total. The number of halogens is 3. The molecule has 0 bridgehead atoms. The summed E-state index contributed by atoms with van der Waals surface area (Å²) in [4.78, 5) is 2.23. The molecule has 3 rings (SSSR count). The van der Waals surface area contributed by atoms with Crippen LogP contribution >= 0.6 is 0 Å². The molecule has 0 unspecified atom stereocenters. The number of piperidine rings is 1. The Kier molecular flexibility index (Phi) is 5.78. The number of hydrogen-bond donors (Lipinski definition) is 0. The molecule has 1 aromatic rings. The van der Waals surface area contributed by atoms with Crippen LogP contribution in [0.15, 0.2) is 12.3 Å². The number of aromatic nitrogens is 2. The fourth-order valence-electron chi connectivity index (χ4n) is 3.30. The first-order chi connectivity index (χ1) is 11.5. The van der Waals surface area contributed by atoms with Crippen LogP contribution in [0.1, 0.15) is 43.8 Å². The van der Waals surface area contributed by atoms with E-state index in [9.17, 15) is 13.2 Å². The molecule has 2 fully saturated rings. The lowest BCUT2D eigenvalue weighted by molar-refractivity contribution is -0.164. The first-order valence-corrected chi connectivity index (χ1v) is 8.60. The van der Waals surface area contributed by atoms with Crippen molar-refractivity contribution in [1.82, 2.24) is 14.7 Å². The summed E-state index contributed by atoms with van der Waals surface area (Å²) in [5.41, 5.74) is -0.822. The highest BCUT2D eigenvalue weighted by Gasteiger charge is 2.34. The van der Waals surface area contributed by atoms with Crippen molar-refractivity contribution in [1.29, 1.82) is 0 Å². The second-order valence-electron chi connectivity index (χ2n) is 6.44. The fourth-order valence-corrected chi connectivity index (χ4v) is 3.30. The van der Waals surface area contributed by atoms with E-state index in [1.165, 1.54) is 10.9 Å². The predicted octanol–water partition coefficient (Wildman–Crippen LogP) is 3.08. The van der Waals surface area contributed by atoms with Crippen molar-refractivity contribution in [2.75, 3.05) is 32.8 Å². The van der Waals surface area contributed by atoms with Gasteiger partial charge in [0.25, 0.3) is 0 Å². The zero-order valence-corrected chi connectivity index (χ0v) is 13.7. The van der Waals surface area contributed by atoms with Crippen LogP contribution in [0.4, 0.5) is 13.2 Å². The molecule has 136 valence electrons. The molecule has 1 aromatic heterocycles. The lowest BCUT2D eigenvalue weighted by Crippen LogP contribution is -2.39. The highest BCUT2D eigenvalue weighted by molar-refractivity contribution is 5.04. The minimum absolute atomic E-state index is 0.0132. The largest absolute Gasteiger partial charge is 0.435 e. The molecule has 0 saturated carbocycles. The van der Waals surface area contributed by atoms with Crippen molar-refractivity contribution in [3.05, 3.63) is 18.0 Å². The van der Waals surface area contributed by atoms with E-state index in [1.807, 2.05) is 0 Å². The summed E-state index contributed by atoms with van der Waals surface area (Å²) in [6.45, 7) is 3.76. The van der Waals surface area contributed by atoms with Crippen molar-refractivity contribution in [2.45, 2.75) is 50.6 Å². The summed E-state index contributed by atoms with van der Waals surface area (Å²) in [6.07, 6.45) is 1.93. The van der Waals surface area contributed by atoms with Crippen LogP contribution in [-0.2, 0) is 15.7 Å². The Morgan fingerprint density at radius 1 is 1.25 bits per heavy atom.